The van der Waals surface area contributed by atoms with E-state index in [0.717, 1.165) is 10.9 Å². The van der Waals surface area contributed by atoms with Gasteiger partial charge in [-0.15, -0.1) is 0 Å². The predicted molar refractivity (Wildman–Crippen MR) is 53.6 cm³/mol. The zero-order valence-electron chi connectivity index (χ0n) is 8.66. The first-order chi connectivity index (χ1) is 7.49. The van der Waals surface area contributed by atoms with Crippen LogP contribution < -0.4 is 5.32 Å². The molecule has 0 saturated heterocycles. The Balaban J connectivity index is 2.46. The van der Waals surface area contributed by atoms with Crippen molar-refractivity contribution < 1.29 is 14.8 Å². The van der Waals surface area contributed by atoms with Gasteiger partial charge >= 0.3 is 5.69 Å². The summed E-state index contributed by atoms with van der Waals surface area (Å²) in [6.07, 6.45) is 1.61. The van der Waals surface area contributed by atoms with Gasteiger partial charge in [0.15, 0.2) is 0 Å². The number of aliphatic hydroxyl groups is 1. The molecule has 0 aliphatic heterocycles. The lowest BCUT2D eigenvalue weighted by Gasteiger charge is -2.06. The molecule has 1 amide bonds. The van der Waals surface area contributed by atoms with Crippen LogP contribution >= 0.6 is 0 Å². The first-order valence-electron chi connectivity index (χ1n) is 4.60. The summed E-state index contributed by atoms with van der Waals surface area (Å²) in [6.45, 7) is 1.57. The van der Waals surface area contributed by atoms with Gasteiger partial charge in [-0.25, -0.2) is 0 Å². The van der Waals surface area contributed by atoms with Gasteiger partial charge in [0.1, 0.15) is 18.9 Å². The number of carbonyl (C=O) groups is 1. The monoisotopic (exact) mass is 228 g/mol. The molecule has 0 saturated carbocycles. The third-order valence-corrected chi connectivity index (χ3v) is 1.73. The van der Waals surface area contributed by atoms with Crippen molar-refractivity contribution in [1.82, 2.24) is 15.1 Å². The van der Waals surface area contributed by atoms with E-state index in [0.29, 0.717) is 0 Å². The van der Waals surface area contributed by atoms with Crippen molar-refractivity contribution in [3.63, 3.8) is 0 Å². The molecule has 2 N–H and O–H groups in total. The number of hydrogen-bond acceptors (Lipinski definition) is 5. The minimum atomic E-state index is -0.629. The summed E-state index contributed by atoms with van der Waals surface area (Å²) in [5.74, 6) is -0.362. The van der Waals surface area contributed by atoms with Crippen molar-refractivity contribution in [2.24, 2.45) is 0 Å². The van der Waals surface area contributed by atoms with Crippen LogP contribution in [-0.4, -0.2) is 38.4 Å². The molecule has 1 rings (SSSR count). The summed E-state index contributed by atoms with van der Waals surface area (Å²) in [5.41, 5.74) is -0.164. The summed E-state index contributed by atoms with van der Waals surface area (Å²) in [5, 5.41) is 25.4. The van der Waals surface area contributed by atoms with Gasteiger partial charge in [-0.05, 0) is 6.92 Å². The normalized spacial score (nSPS) is 12.1. The molecule has 1 unspecified atom stereocenters. The van der Waals surface area contributed by atoms with Crippen molar-refractivity contribution >= 4 is 11.6 Å². The van der Waals surface area contributed by atoms with Crippen LogP contribution in [-0.2, 0) is 11.3 Å². The summed E-state index contributed by atoms with van der Waals surface area (Å²) < 4.78 is 1.16. The smallest absolute Gasteiger partial charge is 0.307 e. The highest BCUT2D eigenvalue weighted by Gasteiger charge is 2.11. The minimum absolute atomic E-state index is 0.111. The van der Waals surface area contributed by atoms with Gasteiger partial charge < -0.3 is 10.4 Å². The topological polar surface area (TPSA) is 110 Å². The fraction of sp³-hybridized carbons (Fsp3) is 0.500. The molecular weight excluding hydrogens is 216 g/mol. The van der Waals surface area contributed by atoms with Crippen molar-refractivity contribution in [1.29, 1.82) is 0 Å². The lowest BCUT2D eigenvalue weighted by atomic mass is 10.4. The van der Waals surface area contributed by atoms with Crippen molar-refractivity contribution in [2.45, 2.75) is 19.6 Å². The predicted octanol–water partition coefficient (Wildman–Crippen LogP) is -0.712. The lowest BCUT2D eigenvalue weighted by molar-refractivity contribution is -0.385. The third kappa shape index (κ3) is 3.65. The second-order valence-electron chi connectivity index (χ2n) is 3.31. The molecule has 1 aromatic rings. The molecule has 1 heterocycles. The lowest BCUT2D eigenvalue weighted by Crippen LogP contribution is -2.33. The van der Waals surface area contributed by atoms with E-state index in [-0.39, 0.29) is 24.7 Å². The van der Waals surface area contributed by atoms with Crippen LogP contribution in [0.3, 0.4) is 0 Å². The number of nitrogens with zero attached hydrogens (tertiary/aromatic N) is 3. The Morgan fingerprint density at radius 3 is 3.00 bits per heavy atom. The van der Waals surface area contributed by atoms with Crippen molar-refractivity contribution in [3.8, 4) is 0 Å². The summed E-state index contributed by atoms with van der Waals surface area (Å²) >= 11 is 0. The van der Waals surface area contributed by atoms with Gasteiger partial charge in [0, 0.05) is 6.54 Å². The van der Waals surface area contributed by atoms with Gasteiger partial charge in [0.2, 0.25) is 5.91 Å². The molecule has 0 aliphatic carbocycles. The maximum Gasteiger partial charge on any atom is 0.307 e. The van der Waals surface area contributed by atoms with E-state index in [1.165, 1.54) is 6.20 Å². The molecule has 88 valence electrons. The summed E-state index contributed by atoms with van der Waals surface area (Å²) in [4.78, 5) is 21.0. The van der Waals surface area contributed by atoms with Crippen molar-refractivity contribution in [2.75, 3.05) is 6.54 Å². The molecule has 8 nitrogen and oxygen atoms in total. The molecule has 0 fully saturated rings. The Labute approximate surface area is 91.0 Å². The first-order valence-corrected chi connectivity index (χ1v) is 4.60. The maximum absolute atomic E-state index is 11.2. The molecule has 1 aromatic heterocycles. The number of nitrogens with one attached hydrogen (secondary N) is 1. The number of carbonyl (C=O) groups excluding carboxylic acids is 1. The van der Waals surface area contributed by atoms with E-state index in [9.17, 15) is 14.9 Å². The van der Waals surface area contributed by atoms with Crippen LogP contribution in [0, 0.1) is 10.1 Å². The second-order valence-corrected chi connectivity index (χ2v) is 3.31. The molecule has 8 heteroatoms. The van der Waals surface area contributed by atoms with Gasteiger partial charge in [0.05, 0.1) is 11.0 Å². The number of amides is 1. The van der Waals surface area contributed by atoms with Gasteiger partial charge in [0.25, 0.3) is 0 Å². The fourth-order valence-corrected chi connectivity index (χ4v) is 0.998. The molecule has 0 aliphatic rings. The average Bonchev–Trinajstić information content (AvgIpc) is 2.63. The van der Waals surface area contributed by atoms with Gasteiger partial charge in [-0.2, -0.15) is 5.10 Å². The largest absolute Gasteiger partial charge is 0.392 e. The third-order valence-electron chi connectivity index (χ3n) is 1.73. The quantitative estimate of drug-likeness (QED) is 0.510. The van der Waals surface area contributed by atoms with Crippen LogP contribution in [0.1, 0.15) is 6.92 Å². The Morgan fingerprint density at radius 1 is 1.81 bits per heavy atom. The minimum Gasteiger partial charge on any atom is -0.392 e. The van der Waals surface area contributed by atoms with E-state index in [1.807, 2.05) is 0 Å². The molecule has 1 atom stereocenters. The molecule has 16 heavy (non-hydrogen) atoms. The number of nitro groups is 1. The molecule has 0 bridgehead atoms. The van der Waals surface area contributed by atoms with Gasteiger partial charge in [-0.3, -0.25) is 19.6 Å². The number of aromatic nitrogens is 2. The number of rotatable bonds is 5. The fourth-order valence-electron chi connectivity index (χ4n) is 0.998. The van der Waals surface area contributed by atoms with Crippen molar-refractivity contribution in [3.05, 3.63) is 22.5 Å². The molecular formula is C8H12N4O4. The maximum atomic E-state index is 11.2. The number of aliphatic hydroxyl groups excluding tert-OH is 1. The van der Waals surface area contributed by atoms with Crippen LogP contribution in [0.4, 0.5) is 5.69 Å². The van der Waals surface area contributed by atoms with E-state index in [1.54, 1.807) is 6.92 Å². The first kappa shape index (κ1) is 12.1. The Morgan fingerprint density at radius 2 is 2.50 bits per heavy atom. The summed E-state index contributed by atoms with van der Waals surface area (Å²) in [7, 11) is 0. The molecule has 0 radical (unpaired) electrons. The zero-order valence-corrected chi connectivity index (χ0v) is 8.66. The highest BCUT2D eigenvalue weighted by atomic mass is 16.6. The van der Waals surface area contributed by atoms with Crippen LogP contribution in [0.2, 0.25) is 0 Å². The van der Waals surface area contributed by atoms with Crippen LogP contribution in [0.25, 0.3) is 0 Å². The standard InChI is InChI=1S/C8H12N4O4/c1-6(13)2-9-8(14)5-11-4-7(3-10-11)12(15)16/h3-4,6,13H,2,5H2,1H3,(H,9,14). The highest BCUT2D eigenvalue weighted by molar-refractivity contribution is 5.75. The van der Waals surface area contributed by atoms with E-state index < -0.39 is 11.0 Å². The highest BCUT2D eigenvalue weighted by Crippen LogP contribution is 2.07. The average molecular weight is 228 g/mol. The SMILES string of the molecule is CC(O)CNC(=O)Cn1cc([N+](=O)[O-])cn1. The zero-order chi connectivity index (χ0) is 12.1. The van der Waals surface area contributed by atoms with Crippen LogP contribution in [0.5, 0.6) is 0 Å². The Kier molecular flexibility index (Phi) is 3.95. The second kappa shape index (κ2) is 5.21. The van der Waals surface area contributed by atoms with E-state index >= 15 is 0 Å². The van der Waals surface area contributed by atoms with E-state index in [4.69, 9.17) is 5.11 Å². The number of hydrogen-bond donors (Lipinski definition) is 2. The Hall–Kier alpha value is -1.96. The molecule has 0 aromatic carbocycles. The molecule has 0 spiro atoms. The van der Waals surface area contributed by atoms with Gasteiger partial charge in [-0.1, -0.05) is 0 Å². The van der Waals surface area contributed by atoms with Crippen LogP contribution in [0.15, 0.2) is 12.4 Å². The van der Waals surface area contributed by atoms with E-state index in [2.05, 4.69) is 10.4 Å². The Bertz CT molecular complexity index is 387. The summed E-state index contributed by atoms with van der Waals surface area (Å²) in [6, 6.07) is 0.